The van der Waals surface area contributed by atoms with Crippen LogP contribution in [0.25, 0.3) is 0 Å². The number of nitrogens with one attached hydrogen (secondary N) is 1. The second-order valence-electron chi connectivity index (χ2n) is 6.57. The molecule has 5 heteroatoms. The van der Waals surface area contributed by atoms with Gasteiger partial charge in [0.1, 0.15) is 0 Å². The van der Waals surface area contributed by atoms with Gasteiger partial charge in [0.25, 0.3) is 0 Å². The van der Waals surface area contributed by atoms with Crippen LogP contribution in [0.1, 0.15) is 45.4 Å². The van der Waals surface area contributed by atoms with Gasteiger partial charge in [-0.1, -0.05) is 19.8 Å². The summed E-state index contributed by atoms with van der Waals surface area (Å²) in [4.78, 5) is 6.69. The molecule has 4 nitrogen and oxygen atoms in total. The second-order valence-corrected chi connectivity index (χ2v) is 6.57. The van der Waals surface area contributed by atoms with Crippen LogP contribution in [-0.2, 0) is 4.74 Å². The molecule has 1 heterocycles. The van der Waals surface area contributed by atoms with E-state index in [0.29, 0.717) is 6.10 Å². The molecule has 1 N–H and O–H groups in total. The highest BCUT2D eigenvalue weighted by Crippen LogP contribution is 2.28. The number of hydrogen-bond acceptors (Lipinski definition) is 2. The molecule has 0 radical (unpaired) electrons. The molecule has 0 bridgehead atoms. The minimum Gasteiger partial charge on any atom is -0.376 e. The maximum absolute atomic E-state index is 5.65. The van der Waals surface area contributed by atoms with E-state index in [-0.39, 0.29) is 24.0 Å². The Labute approximate surface area is 147 Å². The zero-order chi connectivity index (χ0) is 14.4. The van der Waals surface area contributed by atoms with Crippen molar-refractivity contribution >= 4 is 29.9 Å². The molecule has 21 heavy (non-hydrogen) atoms. The number of ether oxygens (including phenoxy) is 1. The van der Waals surface area contributed by atoms with E-state index in [2.05, 4.69) is 29.2 Å². The van der Waals surface area contributed by atoms with Crippen molar-refractivity contribution in [3.63, 3.8) is 0 Å². The fraction of sp³-hybridized carbons (Fsp3) is 0.938. The minimum absolute atomic E-state index is 0. The first kappa shape index (κ1) is 19.0. The lowest BCUT2D eigenvalue weighted by molar-refractivity contribution is 0.113. The Morgan fingerprint density at radius 2 is 1.95 bits per heavy atom. The van der Waals surface area contributed by atoms with Crippen molar-refractivity contribution < 1.29 is 4.74 Å². The van der Waals surface area contributed by atoms with E-state index in [9.17, 15) is 0 Å². The molecule has 2 rings (SSSR count). The highest BCUT2D eigenvalue weighted by atomic mass is 127. The van der Waals surface area contributed by atoms with Gasteiger partial charge in [0, 0.05) is 33.8 Å². The molecule has 2 fully saturated rings. The standard InChI is InChI=1S/C16H31N3O.HI/c1-13-6-8-14(9-7-13)12-19(3)16(17-2)18-11-15-5-4-10-20-15;/h13-15H,4-12H2,1-3H3,(H,17,18);1H. The number of rotatable bonds is 4. The van der Waals surface area contributed by atoms with Crippen LogP contribution < -0.4 is 5.32 Å². The summed E-state index contributed by atoms with van der Waals surface area (Å²) in [6.07, 6.45) is 8.26. The van der Waals surface area contributed by atoms with Gasteiger partial charge in [-0.2, -0.15) is 0 Å². The van der Waals surface area contributed by atoms with Crippen LogP contribution in [0.15, 0.2) is 4.99 Å². The molecule has 1 aliphatic carbocycles. The Morgan fingerprint density at radius 1 is 1.24 bits per heavy atom. The Balaban J connectivity index is 0.00000220. The van der Waals surface area contributed by atoms with Crippen LogP contribution in [0, 0.1) is 11.8 Å². The summed E-state index contributed by atoms with van der Waals surface area (Å²) in [5.74, 6) is 2.77. The summed E-state index contributed by atoms with van der Waals surface area (Å²) in [6, 6.07) is 0. The topological polar surface area (TPSA) is 36.9 Å². The number of nitrogens with zero attached hydrogens (tertiary/aromatic N) is 2. The number of guanidine groups is 1. The number of aliphatic imine (C=N–C) groups is 1. The van der Waals surface area contributed by atoms with Gasteiger partial charge in [-0.3, -0.25) is 4.99 Å². The van der Waals surface area contributed by atoms with Crippen molar-refractivity contribution in [1.82, 2.24) is 10.2 Å². The van der Waals surface area contributed by atoms with Crippen LogP contribution in [0.5, 0.6) is 0 Å². The fourth-order valence-electron chi connectivity index (χ4n) is 3.38. The smallest absolute Gasteiger partial charge is 0.193 e. The van der Waals surface area contributed by atoms with E-state index in [1.165, 1.54) is 38.5 Å². The summed E-state index contributed by atoms with van der Waals surface area (Å²) < 4.78 is 5.65. The third kappa shape index (κ3) is 6.30. The van der Waals surface area contributed by atoms with E-state index in [1.54, 1.807) is 0 Å². The van der Waals surface area contributed by atoms with Crippen molar-refractivity contribution in [1.29, 1.82) is 0 Å². The average Bonchev–Trinajstić information content (AvgIpc) is 2.95. The van der Waals surface area contributed by atoms with Gasteiger partial charge in [0.15, 0.2) is 5.96 Å². The third-order valence-electron chi connectivity index (χ3n) is 4.75. The molecular weight excluding hydrogens is 377 g/mol. The average molecular weight is 409 g/mol. The normalized spacial score (nSPS) is 29.9. The summed E-state index contributed by atoms with van der Waals surface area (Å²) in [6.45, 7) is 5.31. The second kappa shape index (κ2) is 9.87. The van der Waals surface area contributed by atoms with Crippen molar-refractivity contribution in [2.24, 2.45) is 16.8 Å². The van der Waals surface area contributed by atoms with Crippen molar-refractivity contribution in [2.45, 2.75) is 51.6 Å². The van der Waals surface area contributed by atoms with Gasteiger partial charge in [-0.25, -0.2) is 0 Å². The van der Waals surface area contributed by atoms with E-state index >= 15 is 0 Å². The molecule has 2 aliphatic rings. The monoisotopic (exact) mass is 409 g/mol. The number of hydrogen-bond donors (Lipinski definition) is 1. The van der Waals surface area contributed by atoms with Crippen LogP contribution in [0.3, 0.4) is 0 Å². The quantitative estimate of drug-likeness (QED) is 0.441. The molecule has 1 aliphatic heterocycles. The van der Waals surface area contributed by atoms with Crippen LogP contribution in [0.2, 0.25) is 0 Å². The maximum atomic E-state index is 5.65. The van der Waals surface area contributed by atoms with Crippen molar-refractivity contribution in [2.75, 3.05) is 33.8 Å². The molecular formula is C16H32IN3O. The predicted molar refractivity (Wildman–Crippen MR) is 99.5 cm³/mol. The van der Waals surface area contributed by atoms with Crippen LogP contribution >= 0.6 is 24.0 Å². The summed E-state index contributed by atoms with van der Waals surface area (Å²) in [5, 5.41) is 3.46. The molecule has 1 saturated carbocycles. The molecule has 0 aromatic rings. The van der Waals surface area contributed by atoms with Gasteiger partial charge in [0.2, 0.25) is 0 Å². The molecule has 0 aromatic heterocycles. The first-order chi connectivity index (χ1) is 9.69. The summed E-state index contributed by atoms with van der Waals surface area (Å²) in [7, 11) is 4.03. The SMILES string of the molecule is CN=C(NCC1CCCO1)N(C)CC1CCC(C)CC1.I. The zero-order valence-electron chi connectivity index (χ0n) is 13.8. The third-order valence-corrected chi connectivity index (χ3v) is 4.75. The molecule has 1 unspecified atom stereocenters. The fourth-order valence-corrected chi connectivity index (χ4v) is 3.38. The van der Waals surface area contributed by atoms with Gasteiger partial charge < -0.3 is 15.0 Å². The van der Waals surface area contributed by atoms with Gasteiger partial charge in [-0.15, -0.1) is 24.0 Å². The highest BCUT2D eigenvalue weighted by molar-refractivity contribution is 14.0. The van der Waals surface area contributed by atoms with Crippen LogP contribution in [-0.4, -0.2) is 50.8 Å². The van der Waals surface area contributed by atoms with E-state index in [1.807, 2.05) is 7.05 Å². The summed E-state index contributed by atoms with van der Waals surface area (Å²) >= 11 is 0. The molecule has 0 aromatic carbocycles. The largest absolute Gasteiger partial charge is 0.376 e. The first-order valence-electron chi connectivity index (χ1n) is 8.22. The van der Waals surface area contributed by atoms with E-state index in [4.69, 9.17) is 4.74 Å². The van der Waals surface area contributed by atoms with Crippen molar-refractivity contribution in [3.05, 3.63) is 0 Å². The highest BCUT2D eigenvalue weighted by Gasteiger charge is 2.21. The molecule has 0 amide bonds. The lowest BCUT2D eigenvalue weighted by Crippen LogP contribution is -2.44. The van der Waals surface area contributed by atoms with Gasteiger partial charge >= 0.3 is 0 Å². The molecule has 1 atom stereocenters. The summed E-state index contributed by atoms with van der Waals surface area (Å²) in [5.41, 5.74) is 0. The predicted octanol–water partition coefficient (Wildman–Crippen LogP) is 3.12. The Hall–Kier alpha value is -0.0400. The van der Waals surface area contributed by atoms with Crippen molar-refractivity contribution in [3.8, 4) is 0 Å². The molecule has 124 valence electrons. The number of halogens is 1. The molecule has 1 saturated heterocycles. The van der Waals surface area contributed by atoms with E-state index in [0.717, 1.165) is 37.5 Å². The first-order valence-corrected chi connectivity index (χ1v) is 8.22. The molecule has 0 spiro atoms. The van der Waals surface area contributed by atoms with Gasteiger partial charge in [-0.05, 0) is 37.5 Å². The van der Waals surface area contributed by atoms with E-state index < -0.39 is 0 Å². The lowest BCUT2D eigenvalue weighted by atomic mass is 9.83. The Bertz CT molecular complexity index is 311. The van der Waals surface area contributed by atoms with Gasteiger partial charge in [0.05, 0.1) is 6.10 Å². The maximum Gasteiger partial charge on any atom is 0.193 e. The van der Waals surface area contributed by atoms with Crippen LogP contribution in [0.4, 0.5) is 0 Å². The lowest BCUT2D eigenvalue weighted by Gasteiger charge is -2.31. The minimum atomic E-state index is 0. The Morgan fingerprint density at radius 3 is 2.52 bits per heavy atom. The Kier molecular flexibility index (Phi) is 8.94. The zero-order valence-corrected chi connectivity index (χ0v) is 16.1.